The van der Waals surface area contributed by atoms with Crippen molar-refractivity contribution in [2.75, 3.05) is 13.2 Å². The Morgan fingerprint density at radius 1 is 0.344 bits per heavy atom. The molecule has 0 saturated carbocycles. The highest BCUT2D eigenvalue weighted by Gasteiger charge is 2.19. The van der Waals surface area contributed by atoms with Crippen LogP contribution >= 0.6 is 0 Å². The summed E-state index contributed by atoms with van der Waals surface area (Å²) in [7, 11) is 0. The maximum absolute atomic E-state index is 12.8. The molecule has 0 aliphatic carbocycles. The molecule has 6 heteroatoms. The molecule has 0 bridgehead atoms. The Labute approximate surface area is 394 Å². The lowest BCUT2D eigenvalue weighted by Gasteiger charge is -2.18. The molecule has 1 atom stereocenters. The molecule has 0 N–H and O–H groups in total. The topological polar surface area (TPSA) is 78.9 Å². The van der Waals surface area contributed by atoms with Gasteiger partial charge in [0.2, 0.25) is 0 Å². The molecule has 0 aliphatic rings. The lowest BCUT2D eigenvalue weighted by atomic mass is 10.1. The van der Waals surface area contributed by atoms with Crippen LogP contribution in [0, 0.1) is 0 Å². The van der Waals surface area contributed by atoms with Gasteiger partial charge < -0.3 is 14.2 Å². The molecule has 0 aliphatic heterocycles. The molecule has 64 heavy (non-hydrogen) atoms. The van der Waals surface area contributed by atoms with E-state index in [9.17, 15) is 14.4 Å². The van der Waals surface area contributed by atoms with Crippen molar-refractivity contribution in [2.45, 2.75) is 239 Å². The third-order valence-corrected chi connectivity index (χ3v) is 10.9. The summed E-state index contributed by atoms with van der Waals surface area (Å²) in [6.45, 7) is 6.33. The summed E-state index contributed by atoms with van der Waals surface area (Å²) in [5.41, 5.74) is 0. The number of esters is 3. The fourth-order valence-corrected chi connectivity index (χ4v) is 6.99. The molecule has 364 valence electrons. The summed E-state index contributed by atoms with van der Waals surface area (Å²) < 4.78 is 16.8. The predicted octanol–water partition coefficient (Wildman–Crippen LogP) is 17.4. The molecule has 6 nitrogen and oxygen atoms in total. The largest absolute Gasteiger partial charge is 0.462 e. The maximum atomic E-state index is 12.8. The smallest absolute Gasteiger partial charge is 0.306 e. The van der Waals surface area contributed by atoms with Crippen molar-refractivity contribution < 1.29 is 28.6 Å². The van der Waals surface area contributed by atoms with Crippen LogP contribution in [0.15, 0.2) is 97.2 Å². The van der Waals surface area contributed by atoms with Gasteiger partial charge in [0.15, 0.2) is 6.10 Å². The van der Waals surface area contributed by atoms with Gasteiger partial charge in [0, 0.05) is 19.3 Å². The van der Waals surface area contributed by atoms with Gasteiger partial charge in [0.25, 0.3) is 0 Å². The van der Waals surface area contributed by atoms with Crippen molar-refractivity contribution in [3.05, 3.63) is 97.2 Å². The second-order valence-corrected chi connectivity index (χ2v) is 17.1. The van der Waals surface area contributed by atoms with Crippen molar-refractivity contribution >= 4 is 17.9 Å². The number of hydrogen-bond donors (Lipinski definition) is 0. The van der Waals surface area contributed by atoms with Gasteiger partial charge in [-0.2, -0.15) is 0 Å². The number of carbonyl (C=O) groups is 3. The summed E-state index contributed by atoms with van der Waals surface area (Å²) in [4.78, 5) is 38.0. The monoisotopic (exact) mass is 889 g/mol. The molecule has 0 rings (SSSR count). The van der Waals surface area contributed by atoms with Crippen LogP contribution in [-0.2, 0) is 28.6 Å². The second-order valence-electron chi connectivity index (χ2n) is 17.1. The number of unbranched alkanes of at least 4 members (excludes halogenated alkanes) is 22. The van der Waals surface area contributed by atoms with Crippen LogP contribution in [0.3, 0.4) is 0 Å². The quantitative estimate of drug-likeness (QED) is 0.0199. The maximum Gasteiger partial charge on any atom is 0.306 e. The van der Waals surface area contributed by atoms with Gasteiger partial charge in [-0.05, 0) is 96.3 Å². The first-order chi connectivity index (χ1) is 31.5. The van der Waals surface area contributed by atoms with Gasteiger partial charge in [-0.15, -0.1) is 0 Å². The van der Waals surface area contributed by atoms with Crippen LogP contribution in [0.25, 0.3) is 0 Å². The van der Waals surface area contributed by atoms with Crippen LogP contribution in [0.2, 0.25) is 0 Å². The van der Waals surface area contributed by atoms with E-state index in [1.165, 1.54) is 77.0 Å². The Balaban J connectivity index is 4.45. The van der Waals surface area contributed by atoms with Crippen molar-refractivity contribution in [3.8, 4) is 0 Å². The van der Waals surface area contributed by atoms with Crippen LogP contribution in [0.4, 0.5) is 0 Å². The van der Waals surface area contributed by atoms with E-state index < -0.39 is 6.10 Å². The zero-order valence-corrected chi connectivity index (χ0v) is 41.5. The van der Waals surface area contributed by atoms with Crippen molar-refractivity contribution in [1.82, 2.24) is 0 Å². The summed E-state index contributed by atoms with van der Waals surface area (Å²) >= 11 is 0. The first-order valence-electron chi connectivity index (χ1n) is 26.3. The molecule has 0 amide bonds. The lowest BCUT2D eigenvalue weighted by Crippen LogP contribution is -2.30. The van der Waals surface area contributed by atoms with Gasteiger partial charge in [0.1, 0.15) is 13.2 Å². The van der Waals surface area contributed by atoms with Gasteiger partial charge >= 0.3 is 17.9 Å². The molecule has 0 saturated heterocycles. The van der Waals surface area contributed by atoms with E-state index in [2.05, 4.69) is 99.8 Å². The summed E-state index contributed by atoms with van der Waals surface area (Å²) in [6.07, 6.45) is 68.1. The van der Waals surface area contributed by atoms with Crippen LogP contribution in [0.5, 0.6) is 0 Å². The fraction of sp³-hybridized carbons (Fsp3) is 0.672. The summed E-state index contributed by atoms with van der Waals surface area (Å²) in [5.74, 6) is -0.936. The number of hydrogen-bond acceptors (Lipinski definition) is 6. The molecule has 0 radical (unpaired) electrons. The molecule has 0 aromatic heterocycles. The summed E-state index contributed by atoms with van der Waals surface area (Å²) in [5, 5.41) is 0. The first-order valence-corrected chi connectivity index (χ1v) is 26.3. The molecular formula is C58H96O6. The predicted molar refractivity (Wildman–Crippen MR) is 274 cm³/mol. The Hall–Kier alpha value is -3.67. The average molecular weight is 889 g/mol. The SMILES string of the molecule is CC\C=C/C=C\C=C/C=C\CCCCCCCC(=O)OC(COC(=O)CCCCCCCCC/C=C\C/C=C\CC)COC(=O)CCCCCCCCC/C=C\C/C=C\CCCCC. The van der Waals surface area contributed by atoms with E-state index in [1.807, 2.05) is 18.2 Å². The minimum Gasteiger partial charge on any atom is -0.462 e. The highest BCUT2D eigenvalue weighted by molar-refractivity contribution is 5.71. The van der Waals surface area contributed by atoms with Gasteiger partial charge in [0.05, 0.1) is 0 Å². The molecule has 1 unspecified atom stereocenters. The molecule has 0 spiro atoms. The fourth-order valence-electron chi connectivity index (χ4n) is 6.99. The van der Waals surface area contributed by atoms with Gasteiger partial charge in [-0.3, -0.25) is 14.4 Å². The zero-order valence-electron chi connectivity index (χ0n) is 41.5. The second kappa shape index (κ2) is 52.0. The number of ether oxygens (including phenoxy) is 3. The van der Waals surface area contributed by atoms with E-state index in [0.29, 0.717) is 19.3 Å². The van der Waals surface area contributed by atoms with Crippen molar-refractivity contribution in [2.24, 2.45) is 0 Å². The molecule has 0 fully saturated rings. The Morgan fingerprint density at radius 3 is 1.12 bits per heavy atom. The van der Waals surface area contributed by atoms with Crippen LogP contribution in [-0.4, -0.2) is 37.2 Å². The third-order valence-electron chi connectivity index (χ3n) is 10.9. The van der Waals surface area contributed by atoms with E-state index in [4.69, 9.17) is 14.2 Å². The zero-order chi connectivity index (χ0) is 46.5. The molecule has 0 heterocycles. The highest BCUT2D eigenvalue weighted by atomic mass is 16.6. The Bertz CT molecular complexity index is 1300. The van der Waals surface area contributed by atoms with Gasteiger partial charge in [-0.25, -0.2) is 0 Å². The Kier molecular flexibility index (Phi) is 49.0. The van der Waals surface area contributed by atoms with Crippen molar-refractivity contribution in [1.29, 1.82) is 0 Å². The lowest BCUT2D eigenvalue weighted by molar-refractivity contribution is -0.167. The van der Waals surface area contributed by atoms with Crippen LogP contribution < -0.4 is 0 Å². The number of allylic oxidation sites excluding steroid dienone is 16. The normalized spacial score (nSPS) is 12.9. The number of rotatable bonds is 46. The first kappa shape index (κ1) is 60.3. The van der Waals surface area contributed by atoms with E-state index >= 15 is 0 Å². The van der Waals surface area contributed by atoms with Crippen LogP contribution in [0.1, 0.15) is 233 Å². The summed E-state index contributed by atoms with van der Waals surface area (Å²) in [6, 6.07) is 0. The molecule has 0 aromatic carbocycles. The number of carbonyl (C=O) groups excluding carboxylic acids is 3. The minimum absolute atomic E-state index is 0.0951. The van der Waals surface area contributed by atoms with Crippen molar-refractivity contribution in [3.63, 3.8) is 0 Å². The van der Waals surface area contributed by atoms with E-state index in [0.717, 1.165) is 116 Å². The average Bonchev–Trinajstić information content (AvgIpc) is 3.29. The minimum atomic E-state index is -0.797. The molecule has 0 aromatic rings. The van der Waals surface area contributed by atoms with Gasteiger partial charge in [-0.1, -0.05) is 214 Å². The van der Waals surface area contributed by atoms with E-state index in [1.54, 1.807) is 0 Å². The standard InChI is InChI=1S/C58H96O6/c1-4-7-10-13-16-19-22-25-28-29-31-33-36-39-42-45-48-51-57(60)63-54-55(53-62-56(59)50-47-44-41-38-35-32-27-24-21-18-15-12-9-6-3)64-58(61)52-49-46-43-40-37-34-30-26-23-20-17-14-11-8-5-2/h8-9,11-12,14,16-21,23,25-26,28,30,55H,4-7,10,13,15,22,24,27,29,31-54H2,1-3H3/b11-8-,12-9-,17-14-,19-16-,21-18-,23-20-,28-25-,30-26-. The van der Waals surface area contributed by atoms with E-state index in [-0.39, 0.29) is 31.1 Å². The Morgan fingerprint density at radius 2 is 0.688 bits per heavy atom. The highest BCUT2D eigenvalue weighted by Crippen LogP contribution is 2.14. The third kappa shape index (κ3) is 49.3. The molecular weight excluding hydrogens is 793 g/mol.